The van der Waals surface area contributed by atoms with Crippen LogP contribution in [0.25, 0.3) is 38.2 Å². The van der Waals surface area contributed by atoms with Crippen LogP contribution in [0.15, 0.2) is 132 Å². The molecule has 3 unspecified atom stereocenters. The topological polar surface area (TPSA) is 25.2 Å². The van der Waals surface area contributed by atoms with Crippen LogP contribution in [0.1, 0.15) is 63.3 Å². The van der Waals surface area contributed by atoms with Gasteiger partial charge in [-0.3, -0.25) is 9.98 Å². The SMILES string of the molecule is CCCC(N=C(C)c1ccccn1)C1C=CC(c2c3ccccc3c(-c3ccc(CC)cc3)c3ccccc23)=C2C=CCCC21. The number of hydrogen-bond acceptors (Lipinski definition) is 2. The van der Waals surface area contributed by atoms with E-state index in [9.17, 15) is 0 Å². The largest absolute Gasteiger partial charge is 0.284 e. The standard InChI is InChI=1S/C43H42N2/c1-4-14-41(45-29(3)40-21-12-13-28-44-40)34-26-27-39(33-16-7-6-15-32(33)34)43-37-19-10-8-17-35(37)42(36-18-9-11-20-38(36)43)31-24-22-30(5-2)23-25-31/h7-13,16-28,32,34,41H,4-6,14-15H2,1-3H3. The number of aryl methyl sites for hydroxylation is 1. The summed E-state index contributed by atoms with van der Waals surface area (Å²) in [5.74, 6) is 0.798. The normalized spacial score (nSPS) is 18.9. The molecule has 0 N–H and O–H groups in total. The minimum absolute atomic E-state index is 0.225. The number of aliphatic imine (C=N–C) groups is 1. The van der Waals surface area contributed by atoms with Gasteiger partial charge in [0.15, 0.2) is 0 Å². The van der Waals surface area contributed by atoms with Crippen molar-refractivity contribution in [1.29, 1.82) is 0 Å². The molecule has 2 aliphatic rings. The van der Waals surface area contributed by atoms with E-state index in [1.54, 1.807) is 0 Å². The van der Waals surface area contributed by atoms with Gasteiger partial charge < -0.3 is 0 Å². The summed E-state index contributed by atoms with van der Waals surface area (Å²) in [6.07, 6.45) is 17.1. The number of fused-ring (bicyclic) bond motifs is 3. The summed E-state index contributed by atoms with van der Waals surface area (Å²) in [5, 5.41) is 5.27. The Labute approximate surface area is 268 Å². The van der Waals surface area contributed by atoms with Gasteiger partial charge in [0.2, 0.25) is 0 Å². The van der Waals surface area contributed by atoms with E-state index in [0.29, 0.717) is 11.8 Å². The molecule has 0 saturated heterocycles. The third kappa shape index (κ3) is 5.48. The number of benzene rings is 4. The summed E-state index contributed by atoms with van der Waals surface area (Å²) in [5.41, 5.74) is 10.2. The molecule has 5 aromatic rings. The first-order valence-electron chi connectivity index (χ1n) is 16.8. The van der Waals surface area contributed by atoms with Crippen LogP contribution < -0.4 is 0 Å². The molecule has 1 heterocycles. The molecule has 0 fully saturated rings. The third-order valence-electron chi connectivity index (χ3n) is 9.88. The molecule has 2 nitrogen and oxygen atoms in total. The maximum Gasteiger partial charge on any atom is 0.0837 e. The average molecular weight is 587 g/mol. The van der Waals surface area contributed by atoms with Gasteiger partial charge in [-0.2, -0.15) is 0 Å². The monoisotopic (exact) mass is 586 g/mol. The molecule has 0 bridgehead atoms. The Kier molecular flexibility index (Phi) is 8.31. The minimum atomic E-state index is 0.225. The number of allylic oxidation sites excluding steroid dienone is 5. The van der Waals surface area contributed by atoms with Crippen molar-refractivity contribution in [2.24, 2.45) is 16.8 Å². The van der Waals surface area contributed by atoms with E-state index in [1.165, 1.54) is 54.9 Å². The zero-order chi connectivity index (χ0) is 30.8. The number of hydrogen-bond donors (Lipinski definition) is 0. The van der Waals surface area contributed by atoms with Gasteiger partial charge in [0.1, 0.15) is 0 Å². The lowest BCUT2D eigenvalue weighted by atomic mass is 9.69. The Morgan fingerprint density at radius 1 is 0.800 bits per heavy atom. The van der Waals surface area contributed by atoms with Gasteiger partial charge in [0.05, 0.1) is 17.4 Å². The molecule has 0 amide bonds. The van der Waals surface area contributed by atoms with E-state index in [4.69, 9.17) is 4.99 Å². The highest BCUT2D eigenvalue weighted by atomic mass is 14.8. The van der Waals surface area contributed by atoms with Crippen molar-refractivity contribution >= 4 is 32.8 Å². The molecular formula is C43H42N2. The number of rotatable bonds is 8. The first-order valence-corrected chi connectivity index (χ1v) is 16.8. The smallest absolute Gasteiger partial charge is 0.0837 e. The number of pyridine rings is 1. The molecule has 0 aliphatic heterocycles. The summed E-state index contributed by atoms with van der Waals surface area (Å²) >= 11 is 0. The second-order valence-corrected chi connectivity index (χ2v) is 12.6. The second-order valence-electron chi connectivity index (χ2n) is 12.6. The van der Waals surface area contributed by atoms with Crippen molar-refractivity contribution < 1.29 is 0 Å². The van der Waals surface area contributed by atoms with E-state index in [1.807, 2.05) is 12.3 Å². The summed E-state index contributed by atoms with van der Waals surface area (Å²) in [6, 6.07) is 33.6. The molecule has 2 aliphatic carbocycles. The lowest BCUT2D eigenvalue weighted by Crippen LogP contribution is -2.30. The maximum atomic E-state index is 5.36. The maximum absolute atomic E-state index is 5.36. The van der Waals surface area contributed by atoms with Crippen LogP contribution in [-0.2, 0) is 6.42 Å². The molecule has 45 heavy (non-hydrogen) atoms. The quantitative estimate of drug-likeness (QED) is 0.131. The van der Waals surface area contributed by atoms with Crippen molar-refractivity contribution in [3.05, 3.63) is 144 Å². The van der Waals surface area contributed by atoms with Crippen LogP contribution in [0.2, 0.25) is 0 Å². The summed E-state index contributed by atoms with van der Waals surface area (Å²) in [7, 11) is 0. The van der Waals surface area contributed by atoms with Crippen LogP contribution in [0.4, 0.5) is 0 Å². The molecular weight excluding hydrogens is 544 g/mol. The molecule has 2 heteroatoms. The van der Waals surface area contributed by atoms with Gasteiger partial charge in [0.25, 0.3) is 0 Å². The fourth-order valence-corrected chi connectivity index (χ4v) is 7.68. The Balaban J connectivity index is 1.40. The minimum Gasteiger partial charge on any atom is -0.284 e. The van der Waals surface area contributed by atoms with E-state index in [0.717, 1.165) is 43.5 Å². The lowest BCUT2D eigenvalue weighted by Gasteiger charge is -2.37. The Morgan fingerprint density at radius 2 is 1.47 bits per heavy atom. The first kappa shape index (κ1) is 29.2. The molecule has 0 radical (unpaired) electrons. The van der Waals surface area contributed by atoms with E-state index in [-0.39, 0.29) is 6.04 Å². The van der Waals surface area contributed by atoms with Crippen LogP contribution in [-0.4, -0.2) is 16.7 Å². The highest BCUT2D eigenvalue weighted by molar-refractivity contribution is 6.19. The molecule has 224 valence electrons. The fraction of sp³-hybridized carbons (Fsp3) is 0.256. The molecule has 0 spiro atoms. The van der Waals surface area contributed by atoms with Gasteiger partial charge >= 0.3 is 0 Å². The van der Waals surface area contributed by atoms with Crippen LogP contribution in [0.5, 0.6) is 0 Å². The van der Waals surface area contributed by atoms with Gasteiger partial charge in [-0.25, -0.2) is 0 Å². The number of nitrogens with zero attached hydrogens (tertiary/aromatic N) is 2. The van der Waals surface area contributed by atoms with Crippen LogP contribution >= 0.6 is 0 Å². The lowest BCUT2D eigenvalue weighted by molar-refractivity contribution is 0.347. The average Bonchev–Trinajstić information content (AvgIpc) is 3.10. The van der Waals surface area contributed by atoms with Gasteiger partial charge in [0, 0.05) is 12.1 Å². The Morgan fingerprint density at radius 3 is 2.09 bits per heavy atom. The van der Waals surface area contributed by atoms with Crippen molar-refractivity contribution in [3.63, 3.8) is 0 Å². The highest BCUT2D eigenvalue weighted by Gasteiger charge is 2.34. The Bertz CT molecular complexity index is 1900. The van der Waals surface area contributed by atoms with Crippen LogP contribution in [0, 0.1) is 11.8 Å². The predicted molar refractivity (Wildman–Crippen MR) is 193 cm³/mol. The fourth-order valence-electron chi connectivity index (χ4n) is 7.68. The van der Waals surface area contributed by atoms with Crippen molar-refractivity contribution in [2.45, 2.75) is 58.9 Å². The first-order chi connectivity index (χ1) is 22.2. The Hall–Kier alpha value is -4.56. The van der Waals surface area contributed by atoms with Crippen molar-refractivity contribution in [1.82, 2.24) is 4.98 Å². The third-order valence-corrected chi connectivity index (χ3v) is 9.88. The molecule has 1 aromatic heterocycles. The van der Waals surface area contributed by atoms with Gasteiger partial charge in [-0.05, 0) is 106 Å². The van der Waals surface area contributed by atoms with E-state index in [2.05, 4.69) is 135 Å². The zero-order valence-corrected chi connectivity index (χ0v) is 26.7. The molecule has 4 aromatic carbocycles. The van der Waals surface area contributed by atoms with E-state index >= 15 is 0 Å². The molecule has 3 atom stereocenters. The molecule has 0 saturated carbocycles. The zero-order valence-electron chi connectivity index (χ0n) is 26.7. The summed E-state index contributed by atoms with van der Waals surface area (Å²) in [4.78, 5) is 9.96. The second kappa shape index (κ2) is 12.8. The van der Waals surface area contributed by atoms with Gasteiger partial charge in [-0.15, -0.1) is 0 Å². The number of aromatic nitrogens is 1. The summed E-state index contributed by atoms with van der Waals surface area (Å²) < 4.78 is 0. The van der Waals surface area contributed by atoms with Gasteiger partial charge in [-0.1, -0.05) is 123 Å². The summed E-state index contributed by atoms with van der Waals surface area (Å²) in [6.45, 7) is 6.62. The predicted octanol–water partition coefficient (Wildman–Crippen LogP) is 11.2. The van der Waals surface area contributed by atoms with E-state index < -0.39 is 0 Å². The van der Waals surface area contributed by atoms with Crippen molar-refractivity contribution in [3.8, 4) is 11.1 Å². The van der Waals surface area contributed by atoms with Crippen molar-refractivity contribution in [2.75, 3.05) is 0 Å². The van der Waals surface area contributed by atoms with Crippen LogP contribution in [0.3, 0.4) is 0 Å². The highest BCUT2D eigenvalue weighted by Crippen LogP contribution is 2.48. The molecule has 7 rings (SSSR count).